The molecule has 18 heteroatoms. The number of esters is 1. The Balaban J connectivity index is 3.32. The highest BCUT2D eigenvalue weighted by Gasteiger charge is 2.34. The normalized spacial score (nSPS) is 39.9. The molecule has 0 saturated carbocycles. The third kappa shape index (κ3) is 27.5. The smallest absolute Gasteiger partial charge is 0.311 e. The zero-order valence-corrected chi connectivity index (χ0v) is 46.1. The molecule has 0 amide bonds. The van der Waals surface area contributed by atoms with Crippen LogP contribution in [0.2, 0.25) is 0 Å². The van der Waals surface area contributed by atoms with Crippen molar-refractivity contribution in [3.8, 4) is 0 Å². The van der Waals surface area contributed by atoms with Gasteiger partial charge in [-0.3, -0.25) is 9.79 Å². The summed E-state index contributed by atoms with van der Waals surface area (Å²) in [6.07, 6.45) is 1.01. The van der Waals surface area contributed by atoms with Crippen LogP contribution in [0.4, 0.5) is 0 Å². The minimum Gasteiger partial charge on any atom is -0.461 e. The third-order valence-electron chi connectivity index (χ3n) is 15.2. The van der Waals surface area contributed by atoms with Crippen molar-refractivity contribution in [2.75, 3.05) is 13.6 Å². The molecule has 432 valence electrons. The van der Waals surface area contributed by atoms with E-state index in [0.717, 1.165) is 45.1 Å². The van der Waals surface area contributed by atoms with Crippen molar-refractivity contribution >= 4 is 11.9 Å². The highest BCUT2D eigenvalue weighted by molar-refractivity contribution is 5.77. The number of hydrogen-bond donors (Lipinski definition) is 15. The standard InChI is InChI=1S/C56H103N3O15/c1-33(18-14-12-10-11-13-17-25-59-56(57)58-9)26-37(5)54-36(4)19-15-16-20-44(63)38(6)49(68)29-42(61)27-41(60)28-43(62)30-51(70)53(72)52(71)32-48(67)35(3)21-23-45(64)39(7)50(69)31-47(66)34(2)22-24-46(65)40(8)55(73)74-54/h10-11,15-16,19-20,22,24,33-54,60-72H,12-14,17-18,21,23,25-32H2,1-9H3,(H3,57,58,59)/b11-10+,19-15-,20-16-,24-22-/t33-,34-,35-,36-,37-,38+,39+,40+,41-,42-,43+,44+,45-,46+,47+,48+,49+,50-,51-,52?,53+,54-/m0/s1. The fourth-order valence-corrected chi connectivity index (χ4v) is 9.38. The van der Waals surface area contributed by atoms with Gasteiger partial charge in [0.05, 0.1) is 79.2 Å². The lowest BCUT2D eigenvalue weighted by Gasteiger charge is -2.31. The van der Waals surface area contributed by atoms with Crippen LogP contribution in [0.25, 0.3) is 0 Å². The zero-order chi connectivity index (χ0) is 56.2. The van der Waals surface area contributed by atoms with Crippen molar-refractivity contribution in [2.45, 2.75) is 231 Å². The minimum absolute atomic E-state index is 0.0922. The molecule has 0 aromatic heterocycles. The fourth-order valence-electron chi connectivity index (χ4n) is 9.38. The van der Waals surface area contributed by atoms with Gasteiger partial charge in [-0.05, 0) is 88.9 Å². The molecule has 0 fully saturated rings. The minimum atomic E-state index is -1.75. The van der Waals surface area contributed by atoms with E-state index in [1.165, 1.54) is 12.2 Å². The number of nitrogens with zero attached hydrogens (tertiary/aromatic N) is 1. The summed E-state index contributed by atoms with van der Waals surface area (Å²) in [5.41, 5.74) is 5.68. The molecule has 0 aromatic carbocycles. The second-order valence-electron chi connectivity index (χ2n) is 22.1. The summed E-state index contributed by atoms with van der Waals surface area (Å²) in [5.74, 6) is -3.72. The van der Waals surface area contributed by atoms with Crippen molar-refractivity contribution in [2.24, 2.45) is 58.1 Å². The molecule has 0 bridgehead atoms. The van der Waals surface area contributed by atoms with Gasteiger partial charge >= 0.3 is 5.97 Å². The highest BCUT2D eigenvalue weighted by atomic mass is 16.5. The van der Waals surface area contributed by atoms with Crippen LogP contribution in [0.5, 0.6) is 0 Å². The van der Waals surface area contributed by atoms with Gasteiger partial charge in [0.15, 0.2) is 5.96 Å². The molecule has 0 spiro atoms. The molecular weight excluding hydrogens is 955 g/mol. The largest absolute Gasteiger partial charge is 0.461 e. The van der Waals surface area contributed by atoms with E-state index in [-0.39, 0.29) is 56.8 Å². The first-order chi connectivity index (χ1) is 34.7. The lowest BCUT2D eigenvalue weighted by atomic mass is 9.84. The number of hydrogen-bond acceptors (Lipinski definition) is 16. The van der Waals surface area contributed by atoms with Crippen molar-refractivity contribution < 1.29 is 75.9 Å². The summed E-state index contributed by atoms with van der Waals surface area (Å²) in [4.78, 5) is 17.7. The first kappa shape index (κ1) is 69.2. The number of nitrogens with one attached hydrogen (secondary N) is 1. The second kappa shape index (κ2) is 37.1. The van der Waals surface area contributed by atoms with E-state index in [9.17, 15) is 71.2 Å². The molecule has 1 heterocycles. The lowest BCUT2D eigenvalue weighted by Crippen LogP contribution is -2.42. The molecule has 1 aliphatic heterocycles. The molecule has 1 rings (SSSR count). The number of allylic oxidation sites excluding steroid dienone is 4. The van der Waals surface area contributed by atoms with Gasteiger partial charge in [-0.15, -0.1) is 0 Å². The van der Waals surface area contributed by atoms with E-state index in [0.29, 0.717) is 11.9 Å². The van der Waals surface area contributed by atoms with E-state index in [4.69, 9.17) is 10.5 Å². The first-order valence-corrected chi connectivity index (χ1v) is 27.4. The first-order valence-electron chi connectivity index (χ1n) is 27.4. The maximum Gasteiger partial charge on any atom is 0.311 e. The molecule has 0 aliphatic carbocycles. The summed E-state index contributed by atoms with van der Waals surface area (Å²) in [5, 5.41) is 144. The molecule has 1 aliphatic rings. The van der Waals surface area contributed by atoms with Crippen LogP contribution >= 0.6 is 0 Å². The van der Waals surface area contributed by atoms with Crippen LogP contribution in [0, 0.1) is 47.3 Å². The Morgan fingerprint density at radius 1 is 0.635 bits per heavy atom. The Morgan fingerprint density at radius 2 is 1.18 bits per heavy atom. The highest BCUT2D eigenvalue weighted by Crippen LogP contribution is 2.30. The maximum absolute atomic E-state index is 13.8. The predicted molar refractivity (Wildman–Crippen MR) is 288 cm³/mol. The van der Waals surface area contributed by atoms with Crippen molar-refractivity contribution in [3.63, 3.8) is 0 Å². The second-order valence-corrected chi connectivity index (χ2v) is 22.1. The number of rotatable bonds is 11. The van der Waals surface area contributed by atoms with E-state index in [2.05, 4.69) is 29.4 Å². The third-order valence-corrected chi connectivity index (χ3v) is 15.2. The SMILES string of the molecule is CN=C(N)NCCC/C=C/CCC[C@H](C)C[C@H](C)[C@H]1OC(=O)[C@H](C)[C@H](O)/C=C\[C@H](C)[C@H](O)C[C@H](O)[C@H](C)[C@@H](O)CC[C@H](C)[C@H](O)CC(O)[C@H](O)[C@@H](O)C[C@H](O)C[C@@H](O)C[C@H](O)C[C@@H](O)[C@H](C)[C@H](O)/C=C\C=C/[C@@H]1C. The number of nitrogens with two attached hydrogens (primary N) is 1. The number of aliphatic hydroxyl groups excluding tert-OH is 13. The monoisotopic (exact) mass is 1060 g/mol. The number of ether oxygens (including phenoxy) is 1. The van der Waals surface area contributed by atoms with Crippen LogP contribution in [-0.4, -0.2) is 177 Å². The Labute approximate surface area is 442 Å². The Kier molecular flexibility index (Phi) is 34.7. The Hall–Kier alpha value is -2.82. The average molecular weight is 1060 g/mol. The van der Waals surface area contributed by atoms with Crippen LogP contribution in [0.1, 0.15) is 145 Å². The van der Waals surface area contributed by atoms with Crippen LogP contribution < -0.4 is 11.1 Å². The molecule has 0 aromatic rings. The van der Waals surface area contributed by atoms with Gasteiger partial charge in [0.1, 0.15) is 12.2 Å². The van der Waals surface area contributed by atoms with Gasteiger partial charge in [-0.25, -0.2) is 0 Å². The summed E-state index contributed by atoms with van der Waals surface area (Å²) in [6.45, 7) is 15.1. The molecule has 22 atom stereocenters. The van der Waals surface area contributed by atoms with Gasteiger partial charge in [-0.1, -0.05) is 103 Å². The molecule has 0 radical (unpaired) electrons. The van der Waals surface area contributed by atoms with E-state index in [1.807, 2.05) is 19.9 Å². The summed E-state index contributed by atoms with van der Waals surface area (Å²) in [6, 6.07) is 0. The maximum atomic E-state index is 13.8. The summed E-state index contributed by atoms with van der Waals surface area (Å²) < 4.78 is 6.21. The van der Waals surface area contributed by atoms with Crippen LogP contribution in [-0.2, 0) is 9.53 Å². The van der Waals surface area contributed by atoms with E-state index >= 15 is 0 Å². The summed E-state index contributed by atoms with van der Waals surface area (Å²) in [7, 11) is 1.64. The van der Waals surface area contributed by atoms with E-state index < -0.39 is 127 Å². The van der Waals surface area contributed by atoms with Crippen molar-refractivity contribution in [1.82, 2.24) is 5.32 Å². The molecular formula is C56H103N3O15. The van der Waals surface area contributed by atoms with Crippen molar-refractivity contribution in [3.05, 3.63) is 48.6 Å². The quantitative estimate of drug-likeness (QED) is 0.0465. The Morgan fingerprint density at radius 3 is 1.80 bits per heavy atom. The van der Waals surface area contributed by atoms with Gasteiger partial charge in [0, 0.05) is 56.5 Å². The average Bonchev–Trinajstić information content (AvgIpc) is 3.34. The number of unbranched alkanes of at least 4 members (excludes halogenated alkanes) is 2. The predicted octanol–water partition coefficient (Wildman–Crippen LogP) is 2.91. The van der Waals surface area contributed by atoms with E-state index in [1.54, 1.807) is 59.9 Å². The number of carbonyl (C=O) groups excluding carboxylic acids is 1. The zero-order valence-electron chi connectivity index (χ0n) is 46.1. The number of guanidine groups is 1. The number of aliphatic hydroxyl groups is 13. The van der Waals surface area contributed by atoms with Gasteiger partial charge in [0.25, 0.3) is 0 Å². The Bertz CT molecular complexity index is 1650. The molecule has 0 saturated heterocycles. The van der Waals surface area contributed by atoms with Crippen molar-refractivity contribution in [1.29, 1.82) is 0 Å². The van der Waals surface area contributed by atoms with Crippen LogP contribution in [0.3, 0.4) is 0 Å². The molecule has 18 nitrogen and oxygen atoms in total. The topological polar surface area (TPSA) is 340 Å². The number of carbonyl (C=O) groups is 1. The van der Waals surface area contributed by atoms with Gasteiger partial charge < -0.3 is 82.2 Å². The molecule has 1 unspecified atom stereocenters. The van der Waals surface area contributed by atoms with Gasteiger partial charge in [-0.2, -0.15) is 0 Å². The number of cyclic esters (lactones) is 1. The van der Waals surface area contributed by atoms with Crippen LogP contribution in [0.15, 0.2) is 53.6 Å². The lowest BCUT2D eigenvalue weighted by molar-refractivity contribution is -0.161. The number of aliphatic imine (C=N–C) groups is 1. The molecule has 16 N–H and O–H groups in total. The fraction of sp³-hybridized carbons (Fsp3) is 0.821. The van der Waals surface area contributed by atoms with Gasteiger partial charge in [0.2, 0.25) is 0 Å². The summed E-state index contributed by atoms with van der Waals surface area (Å²) >= 11 is 0. The molecule has 74 heavy (non-hydrogen) atoms.